The summed E-state index contributed by atoms with van der Waals surface area (Å²) in [6.07, 6.45) is 0. The Morgan fingerprint density at radius 1 is 0.429 bits per heavy atom. The van der Waals surface area contributed by atoms with Crippen molar-refractivity contribution in [3.8, 4) is 0 Å². The molecule has 3 aromatic carbocycles. The first-order chi connectivity index (χ1) is 21.4. The second kappa shape index (κ2) is 18.1. The Bertz CT molecular complexity index is 1430. The van der Waals surface area contributed by atoms with E-state index in [1.165, 1.54) is 44.5 Å². The molecule has 0 N–H and O–H groups in total. The first-order valence-electron chi connectivity index (χ1n) is 18.0. The molecule has 0 amide bonds. The van der Waals surface area contributed by atoms with Crippen LogP contribution in [0, 0.1) is 5.92 Å². The molecular formula is C44H61Cl3SiTi. The smallest absolute Gasteiger partial charge is 1.00 e. The summed E-state index contributed by atoms with van der Waals surface area (Å²) in [6, 6.07) is 23.4. The van der Waals surface area contributed by atoms with Crippen LogP contribution in [-0.4, -0.2) is 8.07 Å². The van der Waals surface area contributed by atoms with Crippen LogP contribution in [-0.2, 0) is 20.4 Å². The van der Waals surface area contributed by atoms with Gasteiger partial charge in [-0.1, -0.05) is 0 Å². The number of hydrogen-bond donors (Lipinski definition) is 0. The van der Waals surface area contributed by atoms with Crippen LogP contribution in [0.25, 0.3) is 0 Å². The van der Waals surface area contributed by atoms with E-state index < -0.39 is 8.07 Å². The van der Waals surface area contributed by atoms with Gasteiger partial charge in [0.05, 0.1) is 0 Å². The van der Waals surface area contributed by atoms with Gasteiger partial charge in [0.25, 0.3) is 0 Å². The van der Waals surface area contributed by atoms with Crippen molar-refractivity contribution in [3.05, 3.63) is 108 Å². The van der Waals surface area contributed by atoms with Crippen molar-refractivity contribution >= 4 is 23.6 Å². The number of halogens is 3. The normalized spacial score (nSPS) is 15.2. The van der Waals surface area contributed by atoms with Crippen LogP contribution in [0.1, 0.15) is 173 Å². The predicted octanol–water partition coefficient (Wildman–Crippen LogP) is 2.24. The number of benzene rings is 3. The molecule has 0 radical (unpaired) electrons. The molecule has 0 saturated heterocycles. The molecule has 0 nitrogen and oxygen atoms in total. The molecule has 5 heteroatoms. The summed E-state index contributed by atoms with van der Waals surface area (Å²) >= 11 is 2.40. The van der Waals surface area contributed by atoms with Crippen molar-refractivity contribution in [2.75, 3.05) is 0 Å². The maximum Gasteiger partial charge on any atom is -1.00 e. The minimum Gasteiger partial charge on any atom is -1.00 e. The third kappa shape index (κ3) is 8.95. The van der Waals surface area contributed by atoms with Gasteiger partial charge < -0.3 is 37.2 Å². The zero-order valence-corrected chi connectivity index (χ0v) is 37.7. The van der Waals surface area contributed by atoms with Gasteiger partial charge >= 0.3 is 298 Å². The van der Waals surface area contributed by atoms with Crippen LogP contribution < -0.4 is 52.8 Å². The largest absolute Gasteiger partial charge is 1.00 e. The number of hydrogen-bond acceptors (Lipinski definition) is 0. The monoisotopic (exact) mass is 770 g/mol. The Hall–Kier alpha value is -1.06. The van der Waals surface area contributed by atoms with Crippen molar-refractivity contribution in [1.82, 2.24) is 0 Å². The van der Waals surface area contributed by atoms with Gasteiger partial charge in [-0.05, 0) is 0 Å². The van der Waals surface area contributed by atoms with Crippen molar-refractivity contribution in [2.24, 2.45) is 5.92 Å². The minimum atomic E-state index is -2.83. The van der Waals surface area contributed by atoms with Crippen molar-refractivity contribution < 1.29 is 57.7 Å². The minimum absolute atomic E-state index is 0. The summed E-state index contributed by atoms with van der Waals surface area (Å²) in [5.41, 5.74) is 11.8. The summed E-state index contributed by atoms with van der Waals surface area (Å²) in [6.45, 7) is 35.8. The number of allylic oxidation sites excluding steroid dienone is 4. The molecule has 266 valence electrons. The fraction of sp³-hybridized carbons (Fsp3) is 0.500. The fourth-order valence-electron chi connectivity index (χ4n) is 7.45. The quantitative estimate of drug-likeness (QED) is 0.220. The third-order valence-electron chi connectivity index (χ3n) is 10.9. The van der Waals surface area contributed by atoms with Crippen LogP contribution >= 0.6 is 0 Å². The molecule has 1 atom stereocenters. The summed E-state index contributed by atoms with van der Waals surface area (Å²) in [7, 11) is -2.83. The molecule has 0 saturated carbocycles. The molecular weight excluding hydrogens is 711 g/mol. The molecule has 0 aliphatic heterocycles. The zero-order chi connectivity index (χ0) is 34.4. The van der Waals surface area contributed by atoms with E-state index >= 15 is 0 Å². The van der Waals surface area contributed by atoms with Crippen LogP contribution in [0.5, 0.6) is 0 Å². The summed E-state index contributed by atoms with van der Waals surface area (Å²) in [5, 5.41) is 6.40. The Balaban J connectivity index is 0.00000400. The fourth-order valence-corrected chi connectivity index (χ4v) is 14.0. The molecule has 4 rings (SSSR count). The average Bonchev–Trinajstić information content (AvgIpc) is 3.19. The second-order valence-corrected chi connectivity index (χ2v) is 20.8. The van der Waals surface area contributed by atoms with Crippen LogP contribution in [0.4, 0.5) is 0 Å². The summed E-state index contributed by atoms with van der Waals surface area (Å²) in [4.78, 5) is 0. The van der Waals surface area contributed by atoms with Crippen molar-refractivity contribution in [2.45, 2.75) is 139 Å². The number of rotatable bonds is 10. The van der Waals surface area contributed by atoms with Gasteiger partial charge in [0.2, 0.25) is 0 Å². The van der Waals surface area contributed by atoms with E-state index in [0.717, 1.165) is 0 Å². The standard InChI is InChI=1S/C44H61Si.3ClH.Ti/c1-26(2)35-17-36(27(3)4)21-41(20-35)45(44-33(14)16-32(13)34(44)15,42-22-37(28(5)6)18-38(23-42)29(7)8)43-24-39(30(9)10)19-40(25-43)31(11)12;;;;/h17-31,33H,1-15H3;3*1H;/q;;;;+3/p-3. The Morgan fingerprint density at radius 3 is 0.816 bits per heavy atom. The SMILES string of the molecule is CC1=[C]([Ti+3])C(C)C([Si](c2cc(C(C)C)cc(C(C)C)c2)(c2cc(C(C)C)cc(C(C)C)c2)c2cc(C(C)C)cc(C(C)C)c2)=C1C.[Cl-].[Cl-].[Cl-]. The molecule has 1 unspecified atom stereocenters. The maximum absolute atomic E-state index is 2.83. The van der Waals surface area contributed by atoms with E-state index in [4.69, 9.17) is 0 Å². The van der Waals surface area contributed by atoms with E-state index in [1.54, 1.807) is 24.6 Å². The topological polar surface area (TPSA) is 0 Å². The van der Waals surface area contributed by atoms with Gasteiger partial charge in [0.15, 0.2) is 0 Å². The van der Waals surface area contributed by atoms with Gasteiger partial charge in [-0.25, -0.2) is 0 Å². The van der Waals surface area contributed by atoms with E-state index in [2.05, 4.69) is 179 Å². The second-order valence-electron chi connectivity index (χ2n) is 16.1. The van der Waals surface area contributed by atoms with Crippen molar-refractivity contribution in [1.29, 1.82) is 0 Å². The molecule has 0 aromatic heterocycles. The van der Waals surface area contributed by atoms with Crippen molar-refractivity contribution in [3.63, 3.8) is 0 Å². The summed E-state index contributed by atoms with van der Waals surface area (Å²) < 4.78 is 1.54. The molecule has 49 heavy (non-hydrogen) atoms. The Kier molecular flexibility index (Phi) is 17.0. The molecule has 1 aliphatic rings. The first-order valence-corrected chi connectivity index (χ1v) is 20.8. The maximum atomic E-state index is 2.65. The molecule has 1 aliphatic carbocycles. The van der Waals surface area contributed by atoms with E-state index in [1.807, 2.05) is 0 Å². The van der Waals surface area contributed by atoms with E-state index in [9.17, 15) is 0 Å². The van der Waals surface area contributed by atoms with E-state index in [-0.39, 0.29) is 37.2 Å². The van der Waals surface area contributed by atoms with Crippen LogP contribution in [0.3, 0.4) is 0 Å². The first kappa shape index (κ1) is 46.0. The molecule has 0 fully saturated rings. The van der Waals surface area contributed by atoms with Gasteiger partial charge in [-0.3, -0.25) is 0 Å². The summed E-state index contributed by atoms with van der Waals surface area (Å²) in [5.74, 6) is 3.16. The average molecular weight is 772 g/mol. The Morgan fingerprint density at radius 2 is 0.653 bits per heavy atom. The van der Waals surface area contributed by atoms with E-state index in [0.29, 0.717) is 41.4 Å². The molecule has 0 bridgehead atoms. The van der Waals surface area contributed by atoms with Crippen LogP contribution in [0.15, 0.2) is 74.8 Å². The van der Waals surface area contributed by atoms with Gasteiger partial charge in [0.1, 0.15) is 0 Å². The van der Waals surface area contributed by atoms with Gasteiger partial charge in [0, 0.05) is 0 Å². The molecule has 0 heterocycles. The van der Waals surface area contributed by atoms with Gasteiger partial charge in [-0.15, -0.1) is 0 Å². The molecule has 0 spiro atoms. The molecule has 3 aromatic rings. The van der Waals surface area contributed by atoms with Gasteiger partial charge in [-0.2, -0.15) is 0 Å². The third-order valence-corrected chi connectivity index (χ3v) is 17.2. The van der Waals surface area contributed by atoms with Crippen LogP contribution in [0.2, 0.25) is 0 Å². The predicted molar refractivity (Wildman–Crippen MR) is 203 cm³/mol. The zero-order valence-electron chi connectivity index (χ0n) is 32.9. The Labute approximate surface area is 332 Å².